The van der Waals surface area contributed by atoms with Gasteiger partial charge in [-0.15, -0.1) is 0 Å². The van der Waals surface area contributed by atoms with E-state index in [9.17, 15) is 14.0 Å². The molecule has 0 bridgehead atoms. The van der Waals surface area contributed by atoms with Crippen molar-refractivity contribution in [3.63, 3.8) is 0 Å². The third kappa shape index (κ3) is 5.61. The van der Waals surface area contributed by atoms with Crippen LogP contribution < -0.4 is 5.32 Å². The molecule has 122 valence electrons. The van der Waals surface area contributed by atoms with E-state index >= 15 is 0 Å². The summed E-state index contributed by atoms with van der Waals surface area (Å²) in [4.78, 5) is 25.0. The first-order valence-electron chi connectivity index (χ1n) is 6.94. The Morgan fingerprint density at radius 1 is 1.36 bits per heavy atom. The van der Waals surface area contributed by atoms with Gasteiger partial charge in [-0.3, -0.25) is 9.59 Å². The zero-order valence-corrected chi connectivity index (χ0v) is 13.5. The lowest BCUT2D eigenvalue weighted by Gasteiger charge is -2.21. The highest BCUT2D eigenvalue weighted by molar-refractivity contribution is 6.33. The van der Waals surface area contributed by atoms with Crippen molar-refractivity contribution in [2.75, 3.05) is 33.4 Å². The van der Waals surface area contributed by atoms with Crippen molar-refractivity contribution in [2.24, 2.45) is 0 Å². The van der Waals surface area contributed by atoms with Crippen LogP contribution in [-0.2, 0) is 9.53 Å². The van der Waals surface area contributed by atoms with Gasteiger partial charge in [0.2, 0.25) is 5.91 Å². The lowest BCUT2D eigenvalue weighted by atomic mass is 10.2. The molecule has 0 aliphatic heterocycles. The summed E-state index contributed by atoms with van der Waals surface area (Å²) in [6.45, 7) is 3.12. The molecule has 1 aromatic carbocycles. The molecule has 0 atom stereocenters. The smallest absolute Gasteiger partial charge is 0.255 e. The van der Waals surface area contributed by atoms with Crippen LogP contribution in [0.1, 0.15) is 23.7 Å². The van der Waals surface area contributed by atoms with Crippen LogP contribution in [0.3, 0.4) is 0 Å². The van der Waals surface area contributed by atoms with Gasteiger partial charge in [-0.1, -0.05) is 17.7 Å². The van der Waals surface area contributed by atoms with Crippen molar-refractivity contribution in [1.82, 2.24) is 10.2 Å². The van der Waals surface area contributed by atoms with E-state index in [1.807, 2.05) is 0 Å². The molecular formula is C15H20ClFN2O3. The number of carbonyl (C=O) groups is 2. The van der Waals surface area contributed by atoms with Gasteiger partial charge in [-0.05, 0) is 18.6 Å². The van der Waals surface area contributed by atoms with Crippen molar-refractivity contribution in [3.05, 3.63) is 34.6 Å². The molecule has 0 aromatic heterocycles. The lowest BCUT2D eigenvalue weighted by Crippen LogP contribution is -2.38. The second-order valence-corrected chi connectivity index (χ2v) is 5.11. The Kier molecular flexibility index (Phi) is 7.84. The van der Waals surface area contributed by atoms with Crippen molar-refractivity contribution in [2.45, 2.75) is 13.3 Å². The molecule has 0 aliphatic rings. The Balaban J connectivity index is 2.51. The number of nitrogens with zero attached hydrogens (tertiary/aromatic N) is 1. The molecule has 0 saturated carbocycles. The zero-order valence-electron chi connectivity index (χ0n) is 12.7. The molecule has 22 heavy (non-hydrogen) atoms. The second kappa shape index (κ2) is 9.38. The highest BCUT2D eigenvalue weighted by Gasteiger charge is 2.16. The second-order valence-electron chi connectivity index (χ2n) is 4.70. The first kappa shape index (κ1) is 18.4. The maximum atomic E-state index is 13.6. The first-order valence-corrected chi connectivity index (χ1v) is 7.31. The van der Waals surface area contributed by atoms with Crippen LogP contribution in [0.25, 0.3) is 0 Å². The molecule has 0 aliphatic carbocycles. The van der Waals surface area contributed by atoms with Gasteiger partial charge in [0.15, 0.2) is 0 Å². The molecule has 7 heteroatoms. The van der Waals surface area contributed by atoms with Crippen molar-refractivity contribution < 1.29 is 18.7 Å². The number of rotatable bonds is 8. The van der Waals surface area contributed by atoms with Gasteiger partial charge in [-0.25, -0.2) is 4.39 Å². The van der Waals surface area contributed by atoms with Gasteiger partial charge in [0.05, 0.1) is 10.6 Å². The summed E-state index contributed by atoms with van der Waals surface area (Å²) in [6, 6.07) is 4.06. The van der Waals surface area contributed by atoms with Crippen LogP contribution in [0.5, 0.6) is 0 Å². The first-order chi connectivity index (χ1) is 10.5. The third-order valence-electron chi connectivity index (χ3n) is 3.08. The number of methoxy groups -OCH3 is 1. The largest absolute Gasteiger partial charge is 0.385 e. The van der Waals surface area contributed by atoms with Crippen LogP contribution in [0, 0.1) is 5.82 Å². The number of ether oxygens (including phenoxy) is 1. The van der Waals surface area contributed by atoms with E-state index in [0.29, 0.717) is 26.1 Å². The van der Waals surface area contributed by atoms with Gasteiger partial charge in [0.1, 0.15) is 5.82 Å². The summed E-state index contributed by atoms with van der Waals surface area (Å²) in [7, 11) is 1.59. The Bertz CT molecular complexity index is 505. The lowest BCUT2D eigenvalue weighted by molar-refractivity contribution is -0.129. The molecule has 0 fully saturated rings. The molecule has 0 spiro atoms. The van der Waals surface area contributed by atoms with Gasteiger partial charge in [0.25, 0.3) is 5.91 Å². The molecule has 2 amide bonds. The maximum absolute atomic E-state index is 13.6. The predicted molar refractivity (Wildman–Crippen MR) is 82.5 cm³/mol. The summed E-state index contributed by atoms with van der Waals surface area (Å²) >= 11 is 5.82. The monoisotopic (exact) mass is 330 g/mol. The zero-order chi connectivity index (χ0) is 16.5. The molecular weight excluding hydrogens is 311 g/mol. The fourth-order valence-electron chi connectivity index (χ4n) is 1.93. The fourth-order valence-corrected chi connectivity index (χ4v) is 2.18. The summed E-state index contributed by atoms with van der Waals surface area (Å²) < 4.78 is 18.5. The summed E-state index contributed by atoms with van der Waals surface area (Å²) in [6.07, 6.45) is 0.711. The van der Waals surface area contributed by atoms with Crippen molar-refractivity contribution in [1.29, 1.82) is 0 Å². The molecule has 0 radical (unpaired) electrons. The van der Waals surface area contributed by atoms with Gasteiger partial charge in [-0.2, -0.15) is 0 Å². The maximum Gasteiger partial charge on any atom is 0.255 e. The SMILES string of the molecule is COCCCN(CCNC(=O)c1c(F)cccc1Cl)C(C)=O. The number of halogens is 2. The van der Waals surface area contributed by atoms with E-state index in [1.165, 1.54) is 25.1 Å². The number of hydrogen-bond donors (Lipinski definition) is 1. The summed E-state index contributed by atoms with van der Waals surface area (Å²) in [5.74, 6) is -1.36. The van der Waals surface area contributed by atoms with E-state index in [1.54, 1.807) is 12.0 Å². The Labute approximate surface area is 134 Å². The molecule has 5 nitrogen and oxygen atoms in total. The van der Waals surface area contributed by atoms with Gasteiger partial charge >= 0.3 is 0 Å². The Hall–Kier alpha value is -1.66. The molecule has 1 rings (SSSR count). The van der Waals surface area contributed by atoms with E-state index in [4.69, 9.17) is 16.3 Å². The number of carbonyl (C=O) groups excluding carboxylic acids is 2. The number of amides is 2. The van der Waals surface area contributed by atoms with Crippen LogP contribution in [0.15, 0.2) is 18.2 Å². The van der Waals surface area contributed by atoms with Gasteiger partial charge < -0.3 is 15.0 Å². The van der Waals surface area contributed by atoms with E-state index in [2.05, 4.69) is 5.32 Å². The van der Waals surface area contributed by atoms with E-state index in [-0.39, 0.29) is 23.0 Å². The van der Waals surface area contributed by atoms with Gasteiger partial charge in [0, 0.05) is 40.3 Å². The third-order valence-corrected chi connectivity index (χ3v) is 3.39. The standard InChI is InChI=1S/C15H20ClFN2O3/c1-11(20)19(8-4-10-22-2)9-7-18-15(21)14-12(16)5-3-6-13(14)17/h3,5-6H,4,7-10H2,1-2H3,(H,18,21). The minimum absolute atomic E-state index is 0.0565. The quantitative estimate of drug-likeness (QED) is 0.743. The molecule has 1 aromatic rings. The topological polar surface area (TPSA) is 58.6 Å². The van der Waals surface area contributed by atoms with Crippen molar-refractivity contribution >= 4 is 23.4 Å². The Morgan fingerprint density at radius 2 is 2.09 bits per heavy atom. The number of benzene rings is 1. The predicted octanol–water partition coefficient (Wildman–Crippen LogP) is 2.09. The fraction of sp³-hybridized carbons (Fsp3) is 0.467. The summed E-state index contributed by atoms with van der Waals surface area (Å²) in [5, 5.41) is 2.62. The average Bonchev–Trinajstić information content (AvgIpc) is 2.45. The minimum Gasteiger partial charge on any atom is -0.385 e. The van der Waals surface area contributed by atoms with Crippen LogP contribution in [0.4, 0.5) is 4.39 Å². The molecule has 1 N–H and O–H groups in total. The summed E-state index contributed by atoms with van der Waals surface area (Å²) in [5.41, 5.74) is -0.182. The number of nitrogens with one attached hydrogen (secondary N) is 1. The normalized spacial score (nSPS) is 10.4. The molecule has 0 unspecified atom stereocenters. The van der Waals surface area contributed by atoms with Crippen LogP contribution in [0.2, 0.25) is 5.02 Å². The van der Waals surface area contributed by atoms with Crippen LogP contribution >= 0.6 is 11.6 Å². The Morgan fingerprint density at radius 3 is 2.68 bits per heavy atom. The number of hydrogen-bond acceptors (Lipinski definition) is 3. The highest BCUT2D eigenvalue weighted by atomic mass is 35.5. The highest BCUT2D eigenvalue weighted by Crippen LogP contribution is 2.18. The van der Waals surface area contributed by atoms with E-state index in [0.717, 1.165) is 0 Å². The molecule has 0 heterocycles. The average molecular weight is 331 g/mol. The van der Waals surface area contributed by atoms with E-state index < -0.39 is 11.7 Å². The van der Waals surface area contributed by atoms with Crippen LogP contribution in [-0.4, -0.2) is 50.1 Å². The van der Waals surface area contributed by atoms with Crippen molar-refractivity contribution in [3.8, 4) is 0 Å². The minimum atomic E-state index is -0.673. The molecule has 0 saturated heterocycles.